The number of likely N-dealkylation sites (tertiary alicyclic amines) is 2. The molecule has 3 heterocycles. The average Bonchev–Trinajstić information content (AvgIpc) is 2.93. The van der Waals surface area contributed by atoms with Crippen molar-refractivity contribution in [3.05, 3.63) is 30.1 Å². The molecule has 120 valence electrons. The van der Waals surface area contributed by atoms with E-state index in [0.717, 1.165) is 45.3 Å². The molecule has 0 aliphatic carbocycles. The van der Waals surface area contributed by atoms with Crippen LogP contribution in [-0.2, 0) is 16.1 Å². The Bertz CT molecular complexity index is 508. The van der Waals surface area contributed by atoms with Crippen molar-refractivity contribution in [2.24, 2.45) is 0 Å². The summed E-state index contributed by atoms with van der Waals surface area (Å²) in [5.41, 5.74) is 0.896. The van der Waals surface area contributed by atoms with Crippen LogP contribution >= 0.6 is 0 Å². The van der Waals surface area contributed by atoms with Crippen molar-refractivity contribution in [2.75, 3.05) is 33.4 Å². The largest absolute Gasteiger partial charge is 0.383 e. The molecule has 3 rings (SSSR count). The van der Waals surface area contributed by atoms with E-state index < -0.39 is 0 Å². The van der Waals surface area contributed by atoms with E-state index in [1.165, 1.54) is 5.56 Å². The van der Waals surface area contributed by atoms with E-state index in [4.69, 9.17) is 4.74 Å². The smallest absolute Gasteiger partial charge is 0.243 e. The predicted octanol–water partition coefficient (Wildman–Crippen LogP) is 1.68. The number of carbonyl (C=O) groups is 1. The van der Waals surface area contributed by atoms with Gasteiger partial charge in [0.2, 0.25) is 5.91 Å². The summed E-state index contributed by atoms with van der Waals surface area (Å²) >= 11 is 0. The second kappa shape index (κ2) is 6.75. The van der Waals surface area contributed by atoms with Crippen LogP contribution in [0.4, 0.5) is 0 Å². The molecule has 2 saturated heterocycles. The van der Waals surface area contributed by atoms with E-state index in [9.17, 15) is 4.79 Å². The number of ether oxygens (including phenoxy) is 1. The van der Waals surface area contributed by atoms with Gasteiger partial charge >= 0.3 is 0 Å². The van der Waals surface area contributed by atoms with E-state index in [2.05, 4.69) is 16.0 Å². The highest BCUT2D eigenvalue weighted by Crippen LogP contribution is 2.39. The summed E-state index contributed by atoms with van der Waals surface area (Å²) in [5, 5.41) is 0. The second-order valence-electron chi connectivity index (χ2n) is 6.31. The molecule has 1 atom stereocenters. The third-order valence-corrected chi connectivity index (χ3v) is 4.99. The van der Waals surface area contributed by atoms with Crippen LogP contribution in [0.2, 0.25) is 0 Å². The molecular formula is C17H25N3O2. The summed E-state index contributed by atoms with van der Waals surface area (Å²) in [6.45, 7) is 4.00. The molecule has 5 nitrogen and oxygen atoms in total. The van der Waals surface area contributed by atoms with Gasteiger partial charge in [0, 0.05) is 39.1 Å². The number of hydrogen-bond donors (Lipinski definition) is 0. The quantitative estimate of drug-likeness (QED) is 0.830. The monoisotopic (exact) mass is 303 g/mol. The fourth-order valence-corrected chi connectivity index (χ4v) is 3.88. The van der Waals surface area contributed by atoms with Gasteiger partial charge in [-0.25, -0.2) is 0 Å². The summed E-state index contributed by atoms with van der Waals surface area (Å²) in [4.78, 5) is 21.6. The van der Waals surface area contributed by atoms with Gasteiger partial charge in [-0.2, -0.15) is 0 Å². The molecule has 0 saturated carbocycles. The Morgan fingerprint density at radius 2 is 2.14 bits per heavy atom. The Kier molecular flexibility index (Phi) is 4.74. The molecule has 0 aromatic carbocycles. The van der Waals surface area contributed by atoms with Crippen molar-refractivity contribution in [3.8, 4) is 0 Å². The van der Waals surface area contributed by atoms with Gasteiger partial charge < -0.3 is 9.64 Å². The maximum atomic E-state index is 13.1. The number of carbonyl (C=O) groups excluding carboxylic acids is 1. The standard InChI is InChI=1S/C17H25N3O2/c1-22-12-11-19-9-3-6-17(16(19)21)7-4-10-20(17)14-15-5-2-8-18-13-15/h2,5,8,13H,3-4,6-7,9-12,14H2,1H3. The Hall–Kier alpha value is -1.46. The summed E-state index contributed by atoms with van der Waals surface area (Å²) in [6, 6.07) is 4.06. The van der Waals surface area contributed by atoms with Crippen LogP contribution < -0.4 is 0 Å². The molecule has 0 N–H and O–H groups in total. The molecule has 1 unspecified atom stereocenters. The highest BCUT2D eigenvalue weighted by molar-refractivity contribution is 5.87. The molecule has 2 fully saturated rings. The van der Waals surface area contributed by atoms with E-state index in [0.29, 0.717) is 19.1 Å². The lowest BCUT2D eigenvalue weighted by molar-refractivity contribution is -0.148. The molecule has 0 radical (unpaired) electrons. The van der Waals surface area contributed by atoms with Crippen LogP contribution in [-0.4, -0.2) is 59.6 Å². The van der Waals surface area contributed by atoms with E-state index >= 15 is 0 Å². The first kappa shape index (κ1) is 15.4. The third-order valence-electron chi connectivity index (χ3n) is 4.99. The van der Waals surface area contributed by atoms with Gasteiger partial charge in [0.15, 0.2) is 0 Å². The highest BCUT2D eigenvalue weighted by Gasteiger charge is 2.50. The third kappa shape index (κ3) is 2.88. The first-order chi connectivity index (χ1) is 10.8. The van der Waals surface area contributed by atoms with Crippen LogP contribution in [0.25, 0.3) is 0 Å². The summed E-state index contributed by atoms with van der Waals surface area (Å²) in [5.74, 6) is 0.303. The second-order valence-corrected chi connectivity index (χ2v) is 6.31. The zero-order valence-corrected chi connectivity index (χ0v) is 13.3. The van der Waals surface area contributed by atoms with Gasteiger partial charge in [-0.1, -0.05) is 6.07 Å². The van der Waals surface area contributed by atoms with Gasteiger partial charge in [-0.3, -0.25) is 14.7 Å². The molecule has 1 spiro atoms. The molecule has 22 heavy (non-hydrogen) atoms. The summed E-state index contributed by atoms with van der Waals surface area (Å²) in [7, 11) is 1.69. The topological polar surface area (TPSA) is 45.7 Å². The number of pyridine rings is 1. The maximum absolute atomic E-state index is 13.1. The minimum absolute atomic E-state index is 0.290. The van der Waals surface area contributed by atoms with Crippen LogP contribution in [0, 0.1) is 0 Å². The van der Waals surface area contributed by atoms with E-state index in [1.807, 2.05) is 17.2 Å². The summed E-state index contributed by atoms with van der Waals surface area (Å²) in [6.07, 6.45) is 7.85. The fraction of sp³-hybridized carbons (Fsp3) is 0.647. The van der Waals surface area contributed by atoms with Gasteiger partial charge in [0.05, 0.1) is 6.61 Å². The molecule has 2 aliphatic heterocycles. The molecule has 0 bridgehead atoms. The predicted molar refractivity (Wildman–Crippen MR) is 84.3 cm³/mol. The molecular weight excluding hydrogens is 278 g/mol. The van der Waals surface area contributed by atoms with Crippen molar-refractivity contribution >= 4 is 5.91 Å². The first-order valence-corrected chi connectivity index (χ1v) is 8.18. The first-order valence-electron chi connectivity index (χ1n) is 8.18. The number of hydrogen-bond acceptors (Lipinski definition) is 4. The maximum Gasteiger partial charge on any atom is 0.243 e. The Morgan fingerprint density at radius 3 is 2.86 bits per heavy atom. The minimum Gasteiger partial charge on any atom is -0.383 e. The number of methoxy groups -OCH3 is 1. The van der Waals surface area contributed by atoms with Crippen LogP contribution in [0.3, 0.4) is 0 Å². The van der Waals surface area contributed by atoms with Gasteiger partial charge in [-0.05, 0) is 43.9 Å². The highest BCUT2D eigenvalue weighted by atomic mass is 16.5. The fourth-order valence-electron chi connectivity index (χ4n) is 3.88. The van der Waals surface area contributed by atoms with Gasteiger partial charge in [0.1, 0.15) is 5.54 Å². The Morgan fingerprint density at radius 1 is 1.32 bits per heavy atom. The lowest BCUT2D eigenvalue weighted by atomic mass is 9.85. The lowest BCUT2D eigenvalue weighted by Gasteiger charge is -2.44. The van der Waals surface area contributed by atoms with Crippen LogP contribution in [0.15, 0.2) is 24.5 Å². The molecule has 1 aromatic rings. The van der Waals surface area contributed by atoms with Crippen molar-refractivity contribution in [1.29, 1.82) is 0 Å². The number of piperidine rings is 1. The van der Waals surface area contributed by atoms with Crippen LogP contribution in [0.1, 0.15) is 31.2 Å². The number of aromatic nitrogens is 1. The normalized spacial score (nSPS) is 26.0. The number of rotatable bonds is 5. The Balaban J connectivity index is 1.76. The Labute approximate surface area is 132 Å². The molecule has 1 amide bonds. The summed E-state index contributed by atoms with van der Waals surface area (Å²) < 4.78 is 5.15. The van der Waals surface area contributed by atoms with Gasteiger partial charge in [-0.15, -0.1) is 0 Å². The zero-order chi connectivity index (χ0) is 15.4. The lowest BCUT2D eigenvalue weighted by Crippen LogP contribution is -2.60. The average molecular weight is 303 g/mol. The van der Waals surface area contributed by atoms with Crippen molar-refractivity contribution in [1.82, 2.24) is 14.8 Å². The van der Waals surface area contributed by atoms with E-state index in [1.54, 1.807) is 13.3 Å². The van der Waals surface area contributed by atoms with Crippen molar-refractivity contribution in [3.63, 3.8) is 0 Å². The van der Waals surface area contributed by atoms with E-state index in [-0.39, 0.29) is 5.54 Å². The van der Waals surface area contributed by atoms with Gasteiger partial charge in [0.25, 0.3) is 0 Å². The molecule has 2 aliphatic rings. The van der Waals surface area contributed by atoms with Crippen molar-refractivity contribution in [2.45, 2.75) is 37.8 Å². The van der Waals surface area contributed by atoms with Crippen molar-refractivity contribution < 1.29 is 9.53 Å². The number of nitrogens with zero attached hydrogens (tertiary/aromatic N) is 3. The molecule has 1 aromatic heterocycles. The number of amides is 1. The van der Waals surface area contributed by atoms with Crippen LogP contribution in [0.5, 0.6) is 0 Å². The molecule has 5 heteroatoms. The SMILES string of the molecule is COCCN1CCCC2(CCCN2Cc2cccnc2)C1=O. The minimum atomic E-state index is -0.290. The zero-order valence-electron chi connectivity index (χ0n) is 13.3.